The van der Waals surface area contributed by atoms with Crippen molar-refractivity contribution in [2.24, 2.45) is 0 Å². The number of methoxy groups -OCH3 is 2. The number of ether oxygens (including phenoxy) is 3. The van der Waals surface area contributed by atoms with Crippen LogP contribution in [0.1, 0.15) is 43.9 Å². The summed E-state index contributed by atoms with van der Waals surface area (Å²) in [6.45, 7) is 1.64. The second kappa shape index (κ2) is 8.51. The highest BCUT2D eigenvalue weighted by Crippen LogP contribution is 2.25. The number of benzene rings is 1. The Hall–Kier alpha value is -3.42. The zero-order chi connectivity index (χ0) is 20.1. The van der Waals surface area contributed by atoms with Gasteiger partial charge in [0.25, 0.3) is 0 Å². The maximum atomic E-state index is 12.8. The van der Waals surface area contributed by atoms with Crippen LogP contribution in [0.5, 0.6) is 5.75 Å². The highest BCUT2D eigenvalue weighted by molar-refractivity contribution is 5.98. The molecule has 2 aromatic rings. The summed E-state index contributed by atoms with van der Waals surface area (Å²) in [6, 6.07) is 7.27. The van der Waals surface area contributed by atoms with Crippen molar-refractivity contribution in [2.45, 2.75) is 12.8 Å². The molecule has 8 nitrogen and oxygen atoms in total. The minimum absolute atomic E-state index is 0.0320. The van der Waals surface area contributed by atoms with Gasteiger partial charge < -0.3 is 19.1 Å². The first-order valence-corrected chi connectivity index (χ1v) is 8.77. The summed E-state index contributed by atoms with van der Waals surface area (Å²) in [5, 5.41) is 0. The molecular weight excluding hydrogens is 364 g/mol. The second-order valence-corrected chi connectivity index (χ2v) is 6.19. The van der Waals surface area contributed by atoms with E-state index in [1.165, 1.54) is 32.4 Å². The van der Waals surface area contributed by atoms with Crippen LogP contribution in [-0.4, -0.2) is 50.2 Å². The molecule has 0 aliphatic carbocycles. The van der Waals surface area contributed by atoms with E-state index in [1.807, 2.05) is 4.90 Å². The lowest BCUT2D eigenvalue weighted by molar-refractivity contribution is 0.0593. The molecule has 0 unspecified atom stereocenters. The SMILES string of the molecule is COC(=O)c1cc(OC(=O)c2cccnc2N2CCCC2)cc(C(=O)OC)c1. The Balaban J connectivity index is 1.92. The van der Waals surface area contributed by atoms with Crippen LogP contribution in [0.25, 0.3) is 0 Å². The Bertz CT molecular complexity index is 871. The molecular formula is C20H20N2O6. The van der Waals surface area contributed by atoms with Gasteiger partial charge in [0.15, 0.2) is 0 Å². The summed E-state index contributed by atoms with van der Waals surface area (Å²) in [5.74, 6) is -1.37. The highest BCUT2D eigenvalue weighted by Gasteiger charge is 2.23. The van der Waals surface area contributed by atoms with Gasteiger partial charge in [-0.15, -0.1) is 0 Å². The van der Waals surface area contributed by atoms with Crippen LogP contribution in [0.3, 0.4) is 0 Å². The zero-order valence-electron chi connectivity index (χ0n) is 15.6. The molecule has 1 aromatic carbocycles. The molecule has 0 atom stereocenters. The lowest BCUT2D eigenvalue weighted by Crippen LogP contribution is -2.23. The summed E-state index contributed by atoms with van der Waals surface area (Å²) in [6.07, 6.45) is 3.70. The van der Waals surface area contributed by atoms with E-state index in [2.05, 4.69) is 14.5 Å². The van der Waals surface area contributed by atoms with Gasteiger partial charge in [-0.3, -0.25) is 0 Å². The van der Waals surface area contributed by atoms with Crippen molar-refractivity contribution in [1.29, 1.82) is 0 Å². The van der Waals surface area contributed by atoms with Gasteiger partial charge in [-0.25, -0.2) is 19.4 Å². The average molecular weight is 384 g/mol. The van der Waals surface area contributed by atoms with Crippen LogP contribution in [0.2, 0.25) is 0 Å². The van der Waals surface area contributed by atoms with E-state index in [0.717, 1.165) is 25.9 Å². The number of rotatable bonds is 5. The van der Waals surface area contributed by atoms with Gasteiger partial charge in [0.2, 0.25) is 0 Å². The number of hydrogen-bond acceptors (Lipinski definition) is 8. The van der Waals surface area contributed by atoms with Crippen LogP contribution in [0.4, 0.5) is 5.82 Å². The fourth-order valence-electron chi connectivity index (χ4n) is 3.03. The fraction of sp³-hybridized carbons (Fsp3) is 0.300. The molecule has 0 N–H and O–H groups in total. The quantitative estimate of drug-likeness (QED) is 0.573. The third-order valence-electron chi connectivity index (χ3n) is 4.37. The third kappa shape index (κ3) is 4.11. The molecule has 2 heterocycles. The lowest BCUT2D eigenvalue weighted by atomic mass is 10.1. The Morgan fingerprint density at radius 1 is 0.929 bits per heavy atom. The maximum absolute atomic E-state index is 12.8. The maximum Gasteiger partial charge on any atom is 0.347 e. The van der Waals surface area contributed by atoms with Crippen molar-refractivity contribution in [2.75, 3.05) is 32.2 Å². The fourth-order valence-corrected chi connectivity index (χ4v) is 3.03. The van der Waals surface area contributed by atoms with Crippen molar-refractivity contribution in [3.63, 3.8) is 0 Å². The van der Waals surface area contributed by atoms with E-state index in [-0.39, 0.29) is 16.9 Å². The van der Waals surface area contributed by atoms with Gasteiger partial charge >= 0.3 is 17.9 Å². The molecule has 0 amide bonds. The number of esters is 3. The molecule has 1 aliphatic heterocycles. The standard InChI is InChI=1S/C20H20N2O6/c1-26-18(23)13-10-14(19(24)27-2)12-15(11-13)28-20(25)16-6-5-7-21-17(16)22-8-3-4-9-22/h5-7,10-12H,3-4,8-9H2,1-2H3. The van der Waals surface area contributed by atoms with Gasteiger partial charge in [0, 0.05) is 19.3 Å². The first kappa shape index (κ1) is 19.3. The molecule has 28 heavy (non-hydrogen) atoms. The molecule has 1 aromatic heterocycles. The van der Waals surface area contributed by atoms with Gasteiger partial charge in [0.05, 0.1) is 25.3 Å². The van der Waals surface area contributed by atoms with Crippen LogP contribution < -0.4 is 9.64 Å². The predicted octanol–water partition coefficient (Wildman–Crippen LogP) is 2.47. The van der Waals surface area contributed by atoms with E-state index in [0.29, 0.717) is 11.4 Å². The Morgan fingerprint density at radius 2 is 1.54 bits per heavy atom. The summed E-state index contributed by atoms with van der Waals surface area (Å²) >= 11 is 0. The van der Waals surface area contributed by atoms with E-state index in [4.69, 9.17) is 4.74 Å². The number of aromatic nitrogens is 1. The summed E-state index contributed by atoms with van der Waals surface area (Å²) in [5.41, 5.74) is 0.450. The Labute approximate surface area is 162 Å². The lowest BCUT2D eigenvalue weighted by Gasteiger charge is -2.19. The minimum atomic E-state index is -0.665. The topological polar surface area (TPSA) is 95.0 Å². The van der Waals surface area contributed by atoms with Gasteiger partial charge in [-0.2, -0.15) is 0 Å². The number of anilines is 1. The molecule has 3 rings (SSSR count). The highest BCUT2D eigenvalue weighted by atomic mass is 16.5. The van der Waals surface area contributed by atoms with Gasteiger partial charge in [0.1, 0.15) is 17.1 Å². The number of nitrogens with zero attached hydrogens (tertiary/aromatic N) is 2. The minimum Gasteiger partial charge on any atom is -0.465 e. The molecule has 0 bridgehead atoms. The molecule has 146 valence electrons. The van der Waals surface area contributed by atoms with E-state index in [9.17, 15) is 14.4 Å². The van der Waals surface area contributed by atoms with Crippen LogP contribution in [0, 0.1) is 0 Å². The molecule has 1 saturated heterocycles. The van der Waals surface area contributed by atoms with E-state index >= 15 is 0 Å². The first-order chi connectivity index (χ1) is 13.5. The summed E-state index contributed by atoms with van der Waals surface area (Å²) in [4.78, 5) is 42.9. The van der Waals surface area contributed by atoms with E-state index in [1.54, 1.807) is 18.3 Å². The summed E-state index contributed by atoms with van der Waals surface area (Å²) in [7, 11) is 2.44. The van der Waals surface area contributed by atoms with Gasteiger partial charge in [-0.1, -0.05) is 0 Å². The average Bonchev–Trinajstić information content (AvgIpc) is 3.27. The number of carbonyl (C=O) groups is 3. The largest absolute Gasteiger partial charge is 0.465 e. The number of carbonyl (C=O) groups excluding carboxylic acids is 3. The molecule has 0 radical (unpaired) electrons. The number of pyridine rings is 1. The first-order valence-electron chi connectivity index (χ1n) is 8.77. The predicted molar refractivity (Wildman–Crippen MR) is 99.8 cm³/mol. The van der Waals surface area contributed by atoms with Crippen molar-refractivity contribution in [3.05, 3.63) is 53.2 Å². The molecule has 0 spiro atoms. The van der Waals surface area contributed by atoms with Crippen LogP contribution >= 0.6 is 0 Å². The van der Waals surface area contributed by atoms with E-state index < -0.39 is 17.9 Å². The molecule has 0 saturated carbocycles. The smallest absolute Gasteiger partial charge is 0.347 e. The Kier molecular flexibility index (Phi) is 5.88. The molecule has 8 heteroatoms. The van der Waals surface area contributed by atoms with Crippen molar-refractivity contribution in [3.8, 4) is 5.75 Å². The van der Waals surface area contributed by atoms with Crippen molar-refractivity contribution in [1.82, 2.24) is 4.98 Å². The molecule has 1 aliphatic rings. The third-order valence-corrected chi connectivity index (χ3v) is 4.37. The molecule has 1 fully saturated rings. The Morgan fingerprint density at radius 3 is 2.11 bits per heavy atom. The summed E-state index contributed by atoms with van der Waals surface area (Å²) < 4.78 is 14.8. The van der Waals surface area contributed by atoms with Gasteiger partial charge in [-0.05, 0) is 43.2 Å². The monoisotopic (exact) mass is 384 g/mol. The number of hydrogen-bond donors (Lipinski definition) is 0. The normalized spacial score (nSPS) is 13.1. The van der Waals surface area contributed by atoms with Crippen molar-refractivity contribution < 1.29 is 28.6 Å². The second-order valence-electron chi connectivity index (χ2n) is 6.19. The zero-order valence-corrected chi connectivity index (χ0v) is 15.6. The van der Waals surface area contributed by atoms with Crippen LogP contribution in [0.15, 0.2) is 36.5 Å². The van der Waals surface area contributed by atoms with Crippen LogP contribution in [-0.2, 0) is 9.47 Å². The van der Waals surface area contributed by atoms with Crippen molar-refractivity contribution >= 4 is 23.7 Å².